The topological polar surface area (TPSA) is 112 Å². The lowest BCUT2D eigenvalue weighted by Gasteiger charge is -2.28. The number of carbonyl (C=O) groups excluding carboxylic acids is 2. The minimum Gasteiger partial charge on any atom is -0.395 e. The summed E-state index contributed by atoms with van der Waals surface area (Å²) in [5.41, 5.74) is 5.36. The van der Waals surface area contributed by atoms with Crippen LogP contribution in [0.5, 0.6) is 0 Å². The molecule has 3 atom stereocenters. The highest BCUT2D eigenvalue weighted by molar-refractivity contribution is 6.28. The van der Waals surface area contributed by atoms with Crippen molar-refractivity contribution in [2.24, 2.45) is 5.92 Å². The Bertz CT molecular complexity index is 2280. The van der Waals surface area contributed by atoms with Gasteiger partial charge in [0.15, 0.2) is 5.60 Å². The van der Waals surface area contributed by atoms with Gasteiger partial charge in [0.25, 0.3) is 11.8 Å². The standard InChI is InChI=1S/C45H47N5O4/c1-30(2)13-10-14-31(3)24-26-49-40-23-22-35(50-41-21-12-19-34-18-11-20-36(42(34)41)43(50)52)27-38(40)45(54,44(49)53)32(4)15-8-9-25-48-28-39(46-47-48)37(29-51)33-16-6-5-7-17-33/h5-8,11-13,15-24,27-28,32,37,51,54H,9-10,14,25-26,29H2,1-4H3/b15-8+,31-24+/t32-,37?,45+/m0/s1. The van der Waals surface area contributed by atoms with Gasteiger partial charge in [-0.15, -0.1) is 5.10 Å². The first-order valence-corrected chi connectivity index (χ1v) is 18.7. The molecule has 276 valence electrons. The quantitative estimate of drug-likeness (QED) is 0.112. The van der Waals surface area contributed by atoms with Crippen molar-refractivity contribution in [1.82, 2.24) is 15.0 Å². The molecule has 1 aromatic heterocycles. The summed E-state index contributed by atoms with van der Waals surface area (Å²) in [6.45, 7) is 8.87. The number of aryl methyl sites for hydroxylation is 1. The molecular weight excluding hydrogens is 675 g/mol. The summed E-state index contributed by atoms with van der Waals surface area (Å²) in [5.74, 6) is -1.39. The maximum Gasteiger partial charge on any atom is 0.264 e. The van der Waals surface area contributed by atoms with E-state index in [-0.39, 0.29) is 18.4 Å². The molecule has 9 nitrogen and oxygen atoms in total. The van der Waals surface area contributed by atoms with Gasteiger partial charge in [-0.05, 0) is 81.3 Å². The SMILES string of the molecule is CC(C)=CCC/C(C)=C/CN1C(=O)[C@@](O)([C@@H](C)/C=C/CCn2cc(C(CO)c3ccccc3)nn2)c2cc(N3C(=O)c4cccc5cccc3c45)ccc21. The Morgan fingerprint density at radius 2 is 1.69 bits per heavy atom. The molecule has 2 aliphatic heterocycles. The molecule has 0 spiro atoms. The van der Waals surface area contributed by atoms with Crippen LogP contribution in [0.4, 0.5) is 17.1 Å². The summed E-state index contributed by atoms with van der Waals surface area (Å²) in [5, 5.41) is 33.1. The first kappa shape index (κ1) is 36.7. The molecule has 0 bridgehead atoms. The first-order valence-electron chi connectivity index (χ1n) is 18.7. The molecule has 9 heteroatoms. The lowest BCUT2D eigenvalue weighted by atomic mass is 9.82. The van der Waals surface area contributed by atoms with Crippen LogP contribution in [0.3, 0.4) is 0 Å². The van der Waals surface area contributed by atoms with Crippen LogP contribution in [0.2, 0.25) is 0 Å². The molecule has 2 amide bonds. The first-order chi connectivity index (χ1) is 26.1. The fraction of sp³-hybridized carbons (Fsp3) is 0.289. The average Bonchev–Trinajstić information content (AvgIpc) is 3.82. The normalized spacial score (nSPS) is 17.9. The van der Waals surface area contributed by atoms with Crippen LogP contribution in [0.15, 0.2) is 127 Å². The number of amides is 2. The maximum atomic E-state index is 14.4. The van der Waals surface area contributed by atoms with E-state index in [1.54, 1.807) is 14.5 Å². The molecule has 0 aliphatic carbocycles. The second kappa shape index (κ2) is 15.4. The van der Waals surface area contributed by atoms with E-state index >= 15 is 0 Å². The van der Waals surface area contributed by atoms with Gasteiger partial charge in [0.1, 0.15) is 0 Å². The predicted molar refractivity (Wildman–Crippen MR) is 214 cm³/mol. The Labute approximate surface area is 316 Å². The van der Waals surface area contributed by atoms with Crippen LogP contribution in [0, 0.1) is 5.92 Å². The number of nitrogens with zero attached hydrogens (tertiary/aromatic N) is 5. The highest BCUT2D eigenvalue weighted by atomic mass is 16.3. The summed E-state index contributed by atoms with van der Waals surface area (Å²) >= 11 is 0. The lowest BCUT2D eigenvalue weighted by Crippen LogP contribution is -2.44. The van der Waals surface area contributed by atoms with Crippen molar-refractivity contribution >= 4 is 39.6 Å². The molecule has 2 N–H and O–H groups in total. The van der Waals surface area contributed by atoms with Crippen molar-refractivity contribution in [2.45, 2.75) is 65.0 Å². The second-order valence-electron chi connectivity index (χ2n) is 14.6. The third kappa shape index (κ3) is 6.81. The second-order valence-corrected chi connectivity index (χ2v) is 14.6. The van der Waals surface area contributed by atoms with Crippen molar-refractivity contribution in [3.8, 4) is 0 Å². The summed E-state index contributed by atoms with van der Waals surface area (Å²) in [7, 11) is 0. The summed E-state index contributed by atoms with van der Waals surface area (Å²) in [4.78, 5) is 31.6. The van der Waals surface area contributed by atoms with E-state index in [0.29, 0.717) is 47.7 Å². The van der Waals surface area contributed by atoms with E-state index in [0.717, 1.165) is 34.9 Å². The number of aliphatic hydroxyl groups is 2. The van der Waals surface area contributed by atoms with Crippen LogP contribution in [-0.2, 0) is 16.9 Å². The van der Waals surface area contributed by atoms with Gasteiger partial charge in [-0.25, -0.2) is 0 Å². The number of allylic oxidation sites excluding steroid dienone is 4. The predicted octanol–water partition coefficient (Wildman–Crippen LogP) is 8.36. The minimum atomic E-state index is -1.86. The zero-order chi connectivity index (χ0) is 38.0. The summed E-state index contributed by atoms with van der Waals surface area (Å²) < 4.78 is 1.74. The van der Waals surface area contributed by atoms with Gasteiger partial charge in [0, 0.05) is 41.8 Å². The Hall–Kier alpha value is -5.64. The zero-order valence-electron chi connectivity index (χ0n) is 31.3. The highest BCUT2D eigenvalue weighted by Crippen LogP contribution is 2.49. The van der Waals surface area contributed by atoms with Gasteiger partial charge in [-0.3, -0.25) is 19.2 Å². The number of anilines is 3. The lowest BCUT2D eigenvalue weighted by molar-refractivity contribution is -0.139. The third-order valence-corrected chi connectivity index (χ3v) is 10.7. The number of aromatic nitrogens is 3. The van der Waals surface area contributed by atoms with E-state index in [9.17, 15) is 19.8 Å². The highest BCUT2D eigenvalue weighted by Gasteiger charge is 2.52. The van der Waals surface area contributed by atoms with Crippen molar-refractivity contribution in [1.29, 1.82) is 0 Å². The molecule has 0 fully saturated rings. The van der Waals surface area contributed by atoms with E-state index in [1.807, 2.05) is 110 Å². The van der Waals surface area contributed by atoms with Gasteiger partial charge < -0.3 is 15.1 Å². The van der Waals surface area contributed by atoms with Crippen molar-refractivity contribution in [3.63, 3.8) is 0 Å². The number of aliphatic hydroxyl groups excluding tert-OH is 1. The fourth-order valence-corrected chi connectivity index (χ4v) is 7.65. The number of carbonyl (C=O) groups is 2. The van der Waals surface area contributed by atoms with E-state index in [1.165, 1.54) is 11.1 Å². The van der Waals surface area contributed by atoms with Gasteiger partial charge in [0.2, 0.25) is 0 Å². The van der Waals surface area contributed by atoms with Crippen LogP contribution in [0.1, 0.15) is 80.1 Å². The van der Waals surface area contributed by atoms with Crippen molar-refractivity contribution in [3.05, 3.63) is 149 Å². The molecule has 54 heavy (non-hydrogen) atoms. The molecule has 4 aromatic carbocycles. The Morgan fingerprint density at radius 1 is 0.907 bits per heavy atom. The van der Waals surface area contributed by atoms with Crippen LogP contribution >= 0.6 is 0 Å². The third-order valence-electron chi connectivity index (χ3n) is 10.7. The van der Waals surface area contributed by atoms with Crippen molar-refractivity contribution < 1.29 is 19.8 Å². The summed E-state index contributed by atoms with van der Waals surface area (Å²) in [6, 6.07) is 26.9. The Morgan fingerprint density at radius 3 is 2.44 bits per heavy atom. The van der Waals surface area contributed by atoms with Crippen LogP contribution in [-0.4, -0.2) is 50.2 Å². The molecule has 5 aromatic rings. The molecule has 3 heterocycles. The molecule has 7 rings (SSSR count). The number of rotatable bonds is 14. The molecule has 0 saturated heterocycles. The van der Waals surface area contributed by atoms with E-state index < -0.39 is 17.4 Å². The van der Waals surface area contributed by atoms with Gasteiger partial charge in [0.05, 0.1) is 35.2 Å². The number of benzene rings is 4. The van der Waals surface area contributed by atoms with Crippen molar-refractivity contribution in [2.75, 3.05) is 23.0 Å². The van der Waals surface area contributed by atoms with E-state index in [2.05, 4.69) is 43.2 Å². The Balaban J connectivity index is 1.15. The Kier molecular flexibility index (Phi) is 10.5. The van der Waals surface area contributed by atoms with Gasteiger partial charge in [-0.1, -0.05) is 102 Å². The summed E-state index contributed by atoms with van der Waals surface area (Å²) in [6.07, 6.45) is 12.4. The van der Waals surface area contributed by atoms with Crippen LogP contribution in [0.25, 0.3) is 10.8 Å². The smallest absolute Gasteiger partial charge is 0.264 e. The fourth-order valence-electron chi connectivity index (χ4n) is 7.65. The van der Waals surface area contributed by atoms with Gasteiger partial charge in [-0.2, -0.15) is 0 Å². The molecule has 0 saturated carbocycles. The molecule has 2 aliphatic rings. The van der Waals surface area contributed by atoms with Crippen LogP contribution < -0.4 is 9.80 Å². The molecular formula is C45H47N5O4. The number of hydrogen-bond acceptors (Lipinski definition) is 6. The number of hydrogen-bond donors (Lipinski definition) is 2. The minimum absolute atomic E-state index is 0.0766. The average molecular weight is 722 g/mol. The maximum absolute atomic E-state index is 14.4. The van der Waals surface area contributed by atoms with E-state index in [4.69, 9.17) is 0 Å². The largest absolute Gasteiger partial charge is 0.395 e. The number of fused-ring (bicyclic) bond motifs is 1. The zero-order valence-corrected chi connectivity index (χ0v) is 31.3. The monoisotopic (exact) mass is 721 g/mol. The van der Waals surface area contributed by atoms with Gasteiger partial charge >= 0.3 is 0 Å². The molecule has 0 radical (unpaired) electrons. The molecule has 1 unspecified atom stereocenters.